The van der Waals surface area contributed by atoms with Crippen molar-refractivity contribution in [3.63, 3.8) is 0 Å². The molecule has 0 radical (unpaired) electrons. The lowest BCUT2D eigenvalue weighted by atomic mass is 10.1. The van der Waals surface area contributed by atoms with Crippen LogP contribution in [0.4, 0.5) is 5.82 Å². The van der Waals surface area contributed by atoms with Crippen LogP contribution in [0.5, 0.6) is 11.5 Å². The van der Waals surface area contributed by atoms with Gasteiger partial charge in [0.25, 0.3) is 5.91 Å². The molecule has 6 bridgehead atoms. The fourth-order valence-electron chi connectivity index (χ4n) is 4.86. The molecule has 3 aromatic rings. The number of carbonyl (C=O) groups excluding carboxylic acids is 1. The summed E-state index contributed by atoms with van der Waals surface area (Å²) < 4.78 is 19.0. The van der Waals surface area contributed by atoms with E-state index < -0.39 is 0 Å². The molecular formula is C28H36N6O5. The van der Waals surface area contributed by atoms with Crippen LogP contribution in [0.3, 0.4) is 0 Å². The highest BCUT2D eigenvalue weighted by atomic mass is 16.5. The molecule has 0 saturated carbocycles. The van der Waals surface area contributed by atoms with Crippen molar-refractivity contribution in [2.45, 2.75) is 38.6 Å². The Hall–Kier alpha value is -3.86. The van der Waals surface area contributed by atoms with Crippen molar-refractivity contribution in [2.75, 3.05) is 63.4 Å². The summed E-state index contributed by atoms with van der Waals surface area (Å²) in [5.41, 5.74) is 0.686. The zero-order valence-electron chi connectivity index (χ0n) is 22.6. The lowest BCUT2D eigenvalue weighted by Crippen LogP contribution is -2.48. The molecule has 2 aliphatic rings. The summed E-state index contributed by atoms with van der Waals surface area (Å²) >= 11 is 0. The Kier molecular flexibility index (Phi) is 8.45. The second kappa shape index (κ2) is 12.3. The molecule has 0 aliphatic carbocycles. The third kappa shape index (κ3) is 6.25. The number of morpholine rings is 1. The first-order valence-electron chi connectivity index (χ1n) is 13.6. The molecule has 2 aromatic heterocycles. The third-order valence-corrected chi connectivity index (χ3v) is 7.21. The van der Waals surface area contributed by atoms with Gasteiger partial charge in [-0.05, 0) is 37.5 Å². The second-order valence-electron chi connectivity index (χ2n) is 10.00. The highest BCUT2D eigenvalue weighted by Crippen LogP contribution is 2.29. The van der Waals surface area contributed by atoms with Gasteiger partial charge >= 0.3 is 5.56 Å². The second-order valence-corrected chi connectivity index (χ2v) is 10.00. The van der Waals surface area contributed by atoms with Gasteiger partial charge in [0.1, 0.15) is 5.75 Å². The standard InChI is InChI=1S/C28H36N6O5/c1-20-21-8-7-9-22(16-21)38-13-6-4-3-5-10-32(2)25(35)19-39-26-23-17-29-31-27(30-20)24(23)18-34(28(26)36)33-11-14-37-15-12-33/h7-9,16-18,20H,3-6,10-15,19H2,1-2H3,(H,30,31)/t20-/m1/s1. The Morgan fingerprint density at radius 1 is 0.974 bits per heavy atom. The van der Waals surface area contributed by atoms with Crippen molar-refractivity contribution >= 4 is 22.5 Å². The third-order valence-electron chi connectivity index (χ3n) is 7.21. The average Bonchev–Trinajstić information content (AvgIpc) is 2.96. The minimum Gasteiger partial charge on any atom is -0.494 e. The van der Waals surface area contributed by atoms with Crippen molar-refractivity contribution in [1.82, 2.24) is 19.8 Å². The number of benzene rings is 1. The first-order chi connectivity index (χ1) is 19.0. The van der Waals surface area contributed by atoms with Gasteiger partial charge < -0.3 is 29.4 Å². The van der Waals surface area contributed by atoms with E-state index in [1.807, 2.05) is 36.2 Å². The molecule has 5 rings (SSSR count). The van der Waals surface area contributed by atoms with Gasteiger partial charge in [-0.25, -0.2) is 4.68 Å². The molecular weight excluding hydrogens is 500 g/mol. The molecule has 4 heterocycles. The summed E-state index contributed by atoms with van der Waals surface area (Å²) in [6.45, 7) is 5.19. The summed E-state index contributed by atoms with van der Waals surface area (Å²) in [4.78, 5) is 28.2. The Morgan fingerprint density at radius 3 is 2.64 bits per heavy atom. The molecule has 1 N–H and O–H groups in total. The number of nitrogens with one attached hydrogen (secondary N) is 1. The largest absolute Gasteiger partial charge is 0.494 e. The number of nitrogens with zero attached hydrogens (tertiary/aromatic N) is 5. The maximum atomic E-state index is 13.7. The van der Waals surface area contributed by atoms with Crippen molar-refractivity contribution < 1.29 is 19.0 Å². The lowest BCUT2D eigenvalue weighted by molar-refractivity contribution is -0.132. The van der Waals surface area contributed by atoms with E-state index in [4.69, 9.17) is 14.2 Å². The number of anilines is 1. The highest BCUT2D eigenvalue weighted by Gasteiger charge is 2.22. The molecule has 39 heavy (non-hydrogen) atoms. The molecule has 0 unspecified atom stereocenters. The maximum absolute atomic E-state index is 13.7. The van der Waals surface area contributed by atoms with E-state index in [1.54, 1.807) is 22.8 Å². The van der Waals surface area contributed by atoms with E-state index in [0.717, 1.165) is 37.0 Å². The number of likely N-dealkylation sites (N-methyl/N-ethyl adjacent to an activating group) is 1. The number of fused-ring (bicyclic) bond motifs is 2. The minimum absolute atomic E-state index is 0.0798. The summed E-state index contributed by atoms with van der Waals surface area (Å²) in [5, 5.41) is 15.1. The van der Waals surface area contributed by atoms with Crippen LogP contribution < -0.4 is 25.4 Å². The van der Waals surface area contributed by atoms with Gasteiger partial charge in [0.05, 0.1) is 50.5 Å². The van der Waals surface area contributed by atoms with Gasteiger partial charge in [-0.1, -0.05) is 25.0 Å². The molecule has 1 aromatic carbocycles. The van der Waals surface area contributed by atoms with Crippen LogP contribution in [-0.2, 0) is 9.53 Å². The summed E-state index contributed by atoms with van der Waals surface area (Å²) in [6, 6.07) is 7.90. The van der Waals surface area contributed by atoms with Gasteiger partial charge in [0, 0.05) is 25.2 Å². The van der Waals surface area contributed by atoms with Crippen LogP contribution in [-0.4, -0.2) is 78.8 Å². The van der Waals surface area contributed by atoms with Gasteiger partial charge in [-0.2, -0.15) is 5.10 Å². The normalized spacial score (nSPS) is 19.7. The van der Waals surface area contributed by atoms with Crippen LogP contribution in [0, 0.1) is 0 Å². The van der Waals surface area contributed by atoms with E-state index >= 15 is 0 Å². The predicted molar refractivity (Wildman–Crippen MR) is 148 cm³/mol. The van der Waals surface area contributed by atoms with E-state index in [0.29, 0.717) is 56.0 Å². The number of hydrogen-bond acceptors (Lipinski definition) is 9. The molecule has 0 spiro atoms. The van der Waals surface area contributed by atoms with Crippen molar-refractivity contribution in [3.8, 4) is 11.5 Å². The quantitative estimate of drug-likeness (QED) is 0.502. The van der Waals surface area contributed by atoms with Crippen LogP contribution >= 0.6 is 0 Å². The van der Waals surface area contributed by atoms with Crippen LogP contribution in [0.1, 0.15) is 44.2 Å². The first-order valence-corrected chi connectivity index (χ1v) is 13.6. The minimum atomic E-state index is -0.348. The van der Waals surface area contributed by atoms with Gasteiger partial charge in [-0.15, -0.1) is 5.10 Å². The first kappa shape index (κ1) is 26.7. The molecule has 208 valence electrons. The summed E-state index contributed by atoms with van der Waals surface area (Å²) in [5.74, 6) is 1.23. The molecule has 1 atom stereocenters. The maximum Gasteiger partial charge on any atom is 0.312 e. The Morgan fingerprint density at radius 2 is 1.79 bits per heavy atom. The monoisotopic (exact) mass is 536 g/mol. The number of rotatable bonds is 1. The fourth-order valence-corrected chi connectivity index (χ4v) is 4.86. The predicted octanol–water partition coefficient (Wildman–Crippen LogP) is 2.72. The highest BCUT2D eigenvalue weighted by molar-refractivity contribution is 5.94. The molecule has 11 nitrogen and oxygen atoms in total. The Balaban J connectivity index is 1.56. The van der Waals surface area contributed by atoms with Crippen LogP contribution in [0.2, 0.25) is 0 Å². The molecule has 2 aliphatic heterocycles. The zero-order valence-corrected chi connectivity index (χ0v) is 22.6. The molecule has 1 saturated heterocycles. The van der Waals surface area contributed by atoms with Gasteiger partial charge in [-0.3, -0.25) is 9.59 Å². The Labute approximate surface area is 227 Å². The Bertz CT molecular complexity index is 1360. The average molecular weight is 537 g/mol. The van der Waals surface area contributed by atoms with Crippen LogP contribution in [0.15, 0.2) is 41.5 Å². The van der Waals surface area contributed by atoms with E-state index in [1.165, 1.54) is 6.20 Å². The van der Waals surface area contributed by atoms with E-state index in [-0.39, 0.29) is 29.9 Å². The van der Waals surface area contributed by atoms with Crippen molar-refractivity contribution in [2.24, 2.45) is 0 Å². The van der Waals surface area contributed by atoms with E-state index in [2.05, 4.69) is 15.5 Å². The van der Waals surface area contributed by atoms with Gasteiger partial charge in [0.2, 0.25) is 0 Å². The van der Waals surface area contributed by atoms with Crippen LogP contribution in [0.25, 0.3) is 10.8 Å². The number of aromatic nitrogens is 3. The number of amides is 1. The lowest BCUT2D eigenvalue weighted by Gasteiger charge is -2.30. The number of carbonyl (C=O) groups is 1. The summed E-state index contributed by atoms with van der Waals surface area (Å²) in [7, 11) is 1.76. The zero-order chi connectivity index (χ0) is 27.2. The van der Waals surface area contributed by atoms with Crippen molar-refractivity contribution in [1.29, 1.82) is 0 Å². The topological polar surface area (TPSA) is 111 Å². The smallest absolute Gasteiger partial charge is 0.312 e. The SMILES string of the molecule is C[C@H]1Nc2nncc3c(c(=O)n(N4CCOCC4)cc23)OCC(=O)N(C)CCCCCCOc2cccc1c2. The summed E-state index contributed by atoms with van der Waals surface area (Å²) in [6.07, 6.45) is 7.13. The molecule has 1 fully saturated rings. The number of pyridine rings is 1. The number of hydrogen-bond donors (Lipinski definition) is 1. The molecule has 1 amide bonds. The van der Waals surface area contributed by atoms with Gasteiger partial charge in [0.15, 0.2) is 18.2 Å². The van der Waals surface area contributed by atoms with E-state index in [9.17, 15) is 9.59 Å². The number of ether oxygens (including phenoxy) is 3. The molecule has 11 heteroatoms. The fraction of sp³-hybridized carbons (Fsp3) is 0.500. The van der Waals surface area contributed by atoms with Crippen molar-refractivity contribution in [3.05, 3.63) is 52.6 Å².